The Morgan fingerprint density at radius 2 is 2.12 bits per heavy atom. The minimum atomic E-state index is -0.410. The molecule has 3 nitrogen and oxygen atoms in total. The molecule has 0 saturated heterocycles. The Morgan fingerprint density at radius 1 is 1.31 bits per heavy atom. The standard InChI is InChI=1S/C12H13FN2O/c13-7-3-8-14-12(16)15-9-6-10-4-1-2-5-11(10)15/h1-2,4-6,9H,3,7-8H2,(H,14,16). The molecule has 0 radical (unpaired) electrons. The molecule has 0 saturated carbocycles. The van der Waals surface area contributed by atoms with Crippen molar-refractivity contribution in [2.24, 2.45) is 0 Å². The predicted molar refractivity (Wildman–Crippen MR) is 61.3 cm³/mol. The van der Waals surface area contributed by atoms with Gasteiger partial charge in [-0.25, -0.2) is 4.79 Å². The van der Waals surface area contributed by atoms with E-state index in [1.807, 2.05) is 30.3 Å². The van der Waals surface area contributed by atoms with Crippen LogP contribution in [-0.2, 0) is 0 Å². The molecule has 1 aromatic carbocycles. The summed E-state index contributed by atoms with van der Waals surface area (Å²) >= 11 is 0. The summed E-state index contributed by atoms with van der Waals surface area (Å²) in [5, 5.41) is 3.68. The van der Waals surface area contributed by atoms with Gasteiger partial charge in [-0.2, -0.15) is 0 Å². The highest BCUT2D eigenvalue weighted by Crippen LogP contribution is 2.14. The topological polar surface area (TPSA) is 34.0 Å². The largest absolute Gasteiger partial charge is 0.337 e. The molecule has 1 amide bonds. The summed E-state index contributed by atoms with van der Waals surface area (Å²) in [6, 6.07) is 9.30. The Labute approximate surface area is 92.9 Å². The Bertz CT molecular complexity index is 492. The van der Waals surface area contributed by atoms with Gasteiger partial charge in [-0.05, 0) is 18.6 Å². The minimum absolute atomic E-state index is 0.213. The van der Waals surface area contributed by atoms with E-state index in [1.165, 1.54) is 4.57 Å². The zero-order valence-corrected chi connectivity index (χ0v) is 8.82. The number of halogens is 1. The van der Waals surface area contributed by atoms with E-state index >= 15 is 0 Å². The first kappa shape index (κ1) is 10.7. The van der Waals surface area contributed by atoms with Gasteiger partial charge in [0.1, 0.15) is 0 Å². The summed E-state index contributed by atoms with van der Waals surface area (Å²) in [5.74, 6) is 0. The van der Waals surface area contributed by atoms with Crippen molar-refractivity contribution in [3.63, 3.8) is 0 Å². The van der Waals surface area contributed by atoms with Crippen molar-refractivity contribution in [1.29, 1.82) is 0 Å². The molecule has 1 N–H and O–H groups in total. The van der Waals surface area contributed by atoms with Crippen LogP contribution in [0.25, 0.3) is 10.9 Å². The molecule has 4 heteroatoms. The monoisotopic (exact) mass is 220 g/mol. The van der Waals surface area contributed by atoms with Crippen molar-refractivity contribution in [2.45, 2.75) is 6.42 Å². The van der Waals surface area contributed by atoms with E-state index in [0.717, 1.165) is 10.9 Å². The Balaban J connectivity index is 2.17. The van der Waals surface area contributed by atoms with E-state index in [2.05, 4.69) is 5.32 Å². The van der Waals surface area contributed by atoms with Crippen LogP contribution in [0, 0.1) is 0 Å². The molecule has 0 fully saturated rings. The van der Waals surface area contributed by atoms with E-state index < -0.39 is 6.67 Å². The molecule has 0 aliphatic carbocycles. The first-order chi connectivity index (χ1) is 7.83. The van der Waals surface area contributed by atoms with Gasteiger partial charge in [0.2, 0.25) is 0 Å². The van der Waals surface area contributed by atoms with Crippen LogP contribution >= 0.6 is 0 Å². The van der Waals surface area contributed by atoms with Gasteiger partial charge in [0.15, 0.2) is 0 Å². The summed E-state index contributed by atoms with van der Waals surface area (Å²) in [6.07, 6.45) is 2.07. The fourth-order valence-corrected chi connectivity index (χ4v) is 1.61. The lowest BCUT2D eigenvalue weighted by molar-refractivity contribution is 0.243. The molecule has 84 valence electrons. The zero-order chi connectivity index (χ0) is 11.4. The van der Waals surface area contributed by atoms with Crippen molar-refractivity contribution in [2.75, 3.05) is 13.2 Å². The smallest absolute Gasteiger partial charge is 0.326 e. The molecular formula is C12H13FN2O. The summed E-state index contributed by atoms with van der Waals surface area (Å²) < 4.78 is 13.4. The second-order valence-electron chi connectivity index (χ2n) is 3.52. The molecule has 1 aromatic heterocycles. The van der Waals surface area contributed by atoms with Crippen molar-refractivity contribution < 1.29 is 9.18 Å². The molecule has 0 atom stereocenters. The fourth-order valence-electron chi connectivity index (χ4n) is 1.61. The molecule has 16 heavy (non-hydrogen) atoms. The van der Waals surface area contributed by atoms with Gasteiger partial charge in [0.25, 0.3) is 0 Å². The highest BCUT2D eigenvalue weighted by Gasteiger charge is 2.06. The third kappa shape index (κ3) is 2.05. The van der Waals surface area contributed by atoms with Gasteiger partial charge < -0.3 is 5.32 Å². The number of benzene rings is 1. The lowest BCUT2D eigenvalue weighted by Crippen LogP contribution is -2.28. The Hall–Kier alpha value is -1.84. The quantitative estimate of drug-likeness (QED) is 0.792. The summed E-state index contributed by atoms with van der Waals surface area (Å²) in [6.45, 7) is -0.0471. The third-order valence-corrected chi connectivity index (χ3v) is 2.40. The van der Waals surface area contributed by atoms with Gasteiger partial charge >= 0.3 is 6.03 Å². The number of nitrogens with one attached hydrogen (secondary N) is 1. The van der Waals surface area contributed by atoms with Crippen LogP contribution in [0.3, 0.4) is 0 Å². The highest BCUT2D eigenvalue weighted by atomic mass is 19.1. The maximum absolute atomic E-state index is 11.9. The normalized spacial score (nSPS) is 10.6. The summed E-state index contributed by atoms with van der Waals surface area (Å²) in [7, 11) is 0. The number of alkyl halides is 1. The van der Waals surface area contributed by atoms with Crippen molar-refractivity contribution >= 4 is 16.9 Å². The average molecular weight is 220 g/mol. The van der Waals surface area contributed by atoms with Gasteiger partial charge in [0, 0.05) is 18.1 Å². The lowest BCUT2D eigenvalue weighted by Gasteiger charge is -2.05. The van der Waals surface area contributed by atoms with Crippen LogP contribution in [-0.4, -0.2) is 23.8 Å². The Morgan fingerprint density at radius 3 is 2.94 bits per heavy atom. The van der Waals surface area contributed by atoms with E-state index in [1.54, 1.807) is 6.20 Å². The molecule has 0 aliphatic rings. The molecule has 2 aromatic rings. The van der Waals surface area contributed by atoms with E-state index in [9.17, 15) is 9.18 Å². The highest BCUT2D eigenvalue weighted by molar-refractivity contribution is 5.91. The maximum Gasteiger partial charge on any atom is 0.326 e. The van der Waals surface area contributed by atoms with Crippen LogP contribution < -0.4 is 5.32 Å². The molecule has 2 rings (SSSR count). The minimum Gasteiger partial charge on any atom is -0.337 e. The number of carbonyl (C=O) groups is 1. The van der Waals surface area contributed by atoms with E-state index in [0.29, 0.717) is 13.0 Å². The van der Waals surface area contributed by atoms with Crippen LogP contribution in [0.15, 0.2) is 36.5 Å². The van der Waals surface area contributed by atoms with Crippen molar-refractivity contribution in [1.82, 2.24) is 9.88 Å². The second-order valence-corrected chi connectivity index (χ2v) is 3.52. The average Bonchev–Trinajstić information content (AvgIpc) is 2.73. The first-order valence-electron chi connectivity index (χ1n) is 5.23. The molecular weight excluding hydrogens is 207 g/mol. The van der Waals surface area contributed by atoms with Gasteiger partial charge in [0.05, 0.1) is 12.2 Å². The molecule has 0 bridgehead atoms. The van der Waals surface area contributed by atoms with Crippen molar-refractivity contribution in [3.8, 4) is 0 Å². The molecule has 0 aliphatic heterocycles. The van der Waals surface area contributed by atoms with Gasteiger partial charge in [-0.1, -0.05) is 18.2 Å². The summed E-state index contributed by atoms with van der Waals surface area (Å²) in [4.78, 5) is 11.7. The number of fused-ring (bicyclic) bond motifs is 1. The van der Waals surface area contributed by atoms with Crippen LogP contribution in [0.2, 0.25) is 0 Å². The first-order valence-corrected chi connectivity index (χ1v) is 5.23. The number of hydrogen-bond acceptors (Lipinski definition) is 1. The van der Waals surface area contributed by atoms with Gasteiger partial charge in [-0.15, -0.1) is 0 Å². The third-order valence-electron chi connectivity index (χ3n) is 2.40. The van der Waals surface area contributed by atoms with Crippen LogP contribution in [0.1, 0.15) is 6.42 Å². The number of amides is 1. The van der Waals surface area contributed by atoms with Crippen LogP contribution in [0.4, 0.5) is 9.18 Å². The molecule has 0 unspecified atom stereocenters. The number of nitrogens with zero attached hydrogens (tertiary/aromatic N) is 1. The predicted octanol–water partition coefficient (Wildman–Crippen LogP) is 2.56. The van der Waals surface area contributed by atoms with E-state index in [-0.39, 0.29) is 6.03 Å². The number of rotatable bonds is 3. The SMILES string of the molecule is O=C(NCCCF)n1ccc2ccccc21. The molecule has 0 spiro atoms. The zero-order valence-electron chi connectivity index (χ0n) is 8.82. The number of para-hydroxylation sites is 1. The van der Waals surface area contributed by atoms with Gasteiger partial charge in [-0.3, -0.25) is 8.96 Å². The van der Waals surface area contributed by atoms with Crippen molar-refractivity contribution in [3.05, 3.63) is 36.5 Å². The van der Waals surface area contributed by atoms with E-state index in [4.69, 9.17) is 0 Å². The maximum atomic E-state index is 11.9. The Kier molecular flexibility index (Phi) is 3.19. The fraction of sp³-hybridized carbons (Fsp3) is 0.250. The number of hydrogen-bond donors (Lipinski definition) is 1. The molecule has 1 heterocycles. The lowest BCUT2D eigenvalue weighted by atomic mass is 10.2. The van der Waals surface area contributed by atoms with Crippen LogP contribution in [0.5, 0.6) is 0 Å². The summed E-state index contributed by atoms with van der Waals surface area (Å²) in [5.41, 5.74) is 0.861. The number of aromatic nitrogens is 1. The second kappa shape index (κ2) is 4.79. The number of carbonyl (C=O) groups excluding carboxylic acids is 1.